The third-order valence-corrected chi connectivity index (χ3v) is 11.0. The summed E-state index contributed by atoms with van der Waals surface area (Å²) >= 11 is 0. The maximum atomic E-state index is 14.0. The second kappa shape index (κ2) is 29.7. The van der Waals surface area contributed by atoms with Crippen molar-refractivity contribution in [2.45, 2.75) is 154 Å². The monoisotopic (exact) mass is 999 g/mol. The van der Waals surface area contributed by atoms with Crippen molar-refractivity contribution in [3.8, 4) is 0 Å². The molecular formula is C42H70N12O16. The van der Waals surface area contributed by atoms with E-state index in [1.165, 1.54) is 13.8 Å². The van der Waals surface area contributed by atoms with Crippen LogP contribution < -0.4 is 64.6 Å². The first-order valence-corrected chi connectivity index (χ1v) is 22.7. The van der Waals surface area contributed by atoms with Crippen LogP contribution in [-0.2, 0) is 57.5 Å². The highest BCUT2D eigenvalue weighted by atomic mass is 16.4. The molecule has 394 valence electrons. The summed E-state index contributed by atoms with van der Waals surface area (Å²) in [6.07, 6.45) is -5.12. The fourth-order valence-electron chi connectivity index (χ4n) is 6.76. The Labute approximate surface area is 403 Å². The SMILES string of the molecule is CC[C@H](C)[C@@H]1NC(=O)[C@H](C(C)C)NC(=O)[C@H](CCC(N)=O)NC(=O)CNC(=O)[C@H](CC(=O)O)NC(=O)[C@H](CCCNC(N)=O)NC(=O)[C@H]([C@@H](C)O)NC(=O)[C@H](CCC(=O)O)NC(=O)[C@H](C(C)C)NC1=O. The number of rotatable bonds is 17. The van der Waals surface area contributed by atoms with E-state index in [0.717, 1.165) is 6.92 Å². The third-order valence-electron chi connectivity index (χ3n) is 11.0. The van der Waals surface area contributed by atoms with Crippen LogP contribution in [-0.4, -0.2) is 160 Å². The molecule has 0 aromatic rings. The average Bonchev–Trinajstić information content (AvgIpc) is 3.26. The Morgan fingerprint density at radius 2 is 0.986 bits per heavy atom. The van der Waals surface area contributed by atoms with Crippen molar-refractivity contribution in [3.63, 3.8) is 0 Å². The van der Waals surface area contributed by atoms with Gasteiger partial charge in [0, 0.05) is 19.4 Å². The highest BCUT2D eigenvalue weighted by Crippen LogP contribution is 2.14. The second-order valence-electron chi connectivity index (χ2n) is 17.5. The molecule has 28 nitrogen and oxygen atoms in total. The number of primary amides is 2. The van der Waals surface area contributed by atoms with Gasteiger partial charge >= 0.3 is 18.0 Å². The fraction of sp³-hybridized carbons (Fsp3) is 0.690. The van der Waals surface area contributed by atoms with Crippen LogP contribution in [0.2, 0.25) is 0 Å². The molecule has 0 unspecified atom stereocenters. The van der Waals surface area contributed by atoms with E-state index in [2.05, 4.69) is 53.2 Å². The lowest BCUT2D eigenvalue weighted by Gasteiger charge is -2.31. The van der Waals surface area contributed by atoms with Crippen molar-refractivity contribution in [3.05, 3.63) is 0 Å². The van der Waals surface area contributed by atoms with Gasteiger partial charge in [0.25, 0.3) is 0 Å². The first kappa shape index (κ1) is 60.9. The number of aliphatic carboxylic acids is 2. The molecular weight excluding hydrogens is 929 g/mol. The summed E-state index contributed by atoms with van der Waals surface area (Å²) in [6.45, 7) is 9.47. The Bertz CT molecular complexity index is 1930. The molecule has 0 spiro atoms. The zero-order chi connectivity index (χ0) is 53.6. The lowest BCUT2D eigenvalue weighted by atomic mass is 9.95. The van der Waals surface area contributed by atoms with Crippen molar-refractivity contribution in [1.82, 2.24) is 53.2 Å². The van der Waals surface area contributed by atoms with E-state index in [0.29, 0.717) is 6.42 Å². The van der Waals surface area contributed by atoms with Crippen molar-refractivity contribution < 1.29 is 77.6 Å². The van der Waals surface area contributed by atoms with Gasteiger partial charge in [-0.25, -0.2) is 4.79 Å². The normalized spacial score (nSPS) is 25.2. The number of aliphatic hydroxyl groups is 1. The zero-order valence-electron chi connectivity index (χ0n) is 40.3. The Morgan fingerprint density at radius 3 is 1.47 bits per heavy atom. The molecule has 0 aromatic carbocycles. The number of amides is 12. The molecule has 1 aliphatic heterocycles. The number of carboxylic acid groups (broad SMARTS) is 2. The predicted octanol–water partition coefficient (Wildman–Crippen LogP) is -5.21. The number of hydrogen-bond donors (Lipinski definition) is 15. The minimum atomic E-state index is -1.94. The Balaban J connectivity index is 4.00. The van der Waals surface area contributed by atoms with Gasteiger partial charge < -0.3 is 80.0 Å². The van der Waals surface area contributed by atoms with Crippen molar-refractivity contribution in [2.75, 3.05) is 13.1 Å². The summed E-state index contributed by atoms with van der Waals surface area (Å²) < 4.78 is 0. The van der Waals surface area contributed by atoms with Crippen LogP contribution in [0.15, 0.2) is 0 Å². The minimum absolute atomic E-state index is 0.0927. The standard InChI is InChI=1S/C42H70N12O16/c1-8-20(6)32-40(68)52-30(18(2)3)38(66)49-24(12-14-28(58)59)37(65)54-33(21(7)55)41(69)48-22(10-9-15-45-42(44)70)35(63)50-25(16-29(60)61)34(62)46-17-27(57)47-23(11-13-26(43)56)36(64)51-31(19(4)5)39(67)53-32/h18-25,30-33,55H,8-17H2,1-7H3,(H2,43,56)(H,46,62)(H,47,57)(H,48,69)(H,49,66)(H,50,63)(H,51,64)(H,52,68)(H,53,67)(H,54,65)(H,58,59)(H,60,61)(H3,44,45,70)/t20-,21+,22-,23-,24-,25-,30-,31-,32-,33-/m0/s1. The summed E-state index contributed by atoms with van der Waals surface area (Å²) in [5.41, 5.74) is 10.4. The lowest BCUT2D eigenvalue weighted by Crippen LogP contribution is -2.63. The maximum Gasteiger partial charge on any atom is 0.312 e. The molecule has 70 heavy (non-hydrogen) atoms. The third kappa shape index (κ3) is 21.4. The molecule has 12 amide bonds. The smallest absolute Gasteiger partial charge is 0.312 e. The van der Waals surface area contributed by atoms with Gasteiger partial charge in [-0.2, -0.15) is 0 Å². The summed E-state index contributed by atoms with van der Waals surface area (Å²) in [4.78, 5) is 170. The van der Waals surface area contributed by atoms with Gasteiger partial charge in [0.1, 0.15) is 48.3 Å². The van der Waals surface area contributed by atoms with Crippen LogP contribution in [0.25, 0.3) is 0 Å². The van der Waals surface area contributed by atoms with Crippen LogP contribution in [0.1, 0.15) is 99.8 Å². The molecule has 0 saturated carbocycles. The molecule has 10 atom stereocenters. The van der Waals surface area contributed by atoms with Crippen LogP contribution >= 0.6 is 0 Å². The van der Waals surface area contributed by atoms with Gasteiger partial charge in [0.15, 0.2) is 0 Å². The van der Waals surface area contributed by atoms with Gasteiger partial charge in [0.2, 0.25) is 59.1 Å². The molecule has 17 N–H and O–H groups in total. The Kier molecular flexibility index (Phi) is 25.8. The number of nitrogens with one attached hydrogen (secondary N) is 10. The van der Waals surface area contributed by atoms with Gasteiger partial charge in [-0.1, -0.05) is 48.0 Å². The van der Waals surface area contributed by atoms with E-state index >= 15 is 0 Å². The van der Waals surface area contributed by atoms with Gasteiger partial charge in [0.05, 0.1) is 19.1 Å². The number of urea groups is 1. The zero-order valence-corrected chi connectivity index (χ0v) is 40.3. The highest BCUT2D eigenvalue weighted by molar-refractivity contribution is 5.99. The van der Waals surface area contributed by atoms with Crippen LogP contribution in [0.5, 0.6) is 0 Å². The molecule has 0 bridgehead atoms. The second-order valence-corrected chi connectivity index (χ2v) is 17.5. The number of hydrogen-bond acceptors (Lipinski definition) is 14. The molecule has 1 rings (SSSR count). The van der Waals surface area contributed by atoms with E-state index in [1.54, 1.807) is 27.7 Å². The molecule has 28 heteroatoms. The molecule has 1 heterocycles. The van der Waals surface area contributed by atoms with E-state index < -0.39 is 188 Å². The Hall–Kier alpha value is -7.13. The fourth-order valence-corrected chi connectivity index (χ4v) is 6.76. The number of aliphatic hydroxyl groups excluding tert-OH is 1. The van der Waals surface area contributed by atoms with Crippen LogP contribution in [0.3, 0.4) is 0 Å². The predicted molar refractivity (Wildman–Crippen MR) is 244 cm³/mol. The molecule has 0 radical (unpaired) electrons. The first-order chi connectivity index (χ1) is 32.6. The number of carbonyl (C=O) groups is 13. The summed E-state index contributed by atoms with van der Waals surface area (Å²) in [5, 5.41) is 53.3. The molecule has 0 aromatic heterocycles. The largest absolute Gasteiger partial charge is 0.481 e. The highest BCUT2D eigenvalue weighted by Gasteiger charge is 2.38. The topological polar surface area (TPSA) is 455 Å². The number of nitrogens with two attached hydrogens (primary N) is 2. The minimum Gasteiger partial charge on any atom is -0.481 e. The van der Waals surface area contributed by atoms with Crippen molar-refractivity contribution in [1.29, 1.82) is 0 Å². The van der Waals surface area contributed by atoms with Crippen LogP contribution in [0, 0.1) is 17.8 Å². The van der Waals surface area contributed by atoms with Gasteiger partial charge in [-0.05, 0) is 50.4 Å². The maximum absolute atomic E-state index is 14.0. The number of carbonyl (C=O) groups excluding carboxylic acids is 11. The average molecular weight is 999 g/mol. The lowest BCUT2D eigenvalue weighted by molar-refractivity contribution is -0.141. The molecule has 1 aliphatic rings. The van der Waals surface area contributed by atoms with E-state index in [-0.39, 0.29) is 19.4 Å². The van der Waals surface area contributed by atoms with E-state index in [9.17, 15) is 77.6 Å². The first-order valence-electron chi connectivity index (χ1n) is 22.7. The van der Waals surface area contributed by atoms with Gasteiger partial charge in [-0.15, -0.1) is 0 Å². The summed E-state index contributed by atoms with van der Waals surface area (Å²) in [5.74, 6) is -15.6. The van der Waals surface area contributed by atoms with Gasteiger partial charge in [-0.3, -0.25) is 57.5 Å². The van der Waals surface area contributed by atoms with E-state index in [1.807, 2.05) is 0 Å². The van der Waals surface area contributed by atoms with Crippen molar-refractivity contribution >= 4 is 77.0 Å². The summed E-state index contributed by atoms with van der Waals surface area (Å²) in [6, 6.07) is -14.0. The molecule has 1 saturated heterocycles. The molecule has 1 fully saturated rings. The van der Waals surface area contributed by atoms with Crippen molar-refractivity contribution in [2.24, 2.45) is 29.2 Å². The number of carboxylic acids is 2. The summed E-state index contributed by atoms with van der Waals surface area (Å²) in [7, 11) is 0. The molecule has 0 aliphatic carbocycles. The quantitative estimate of drug-likeness (QED) is 0.0606. The van der Waals surface area contributed by atoms with Crippen LogP contribution in [0.4, 0.5) is 4.79 Å². The van der Waals surface area contributed by atoms with E-state index in [4.69, 9.17) is 11.5 Å². The Morgan fingerprint density at radius 1 is 0.557 bits per heavy atom.